The van der Waals surface area contributed by atoms with E-state index >= 15 is 0 Å². The first-order valence-corrected chi connectivity index (χ1v) is 8.06. The van der Waals surface area contributed by atoms with Crippen LogP contribution >= 0.6 is 0 Å². The van der Waals surface area contributed by atoms with Gasteiger partial charge in [0.25, 0.3) is 0 Å². The maximum atomic E-state index is 11.3. The van der Waals surface area contributed by atoms with Crippen LogP contribution in [0.5, 0.6) is 0 Å². The Bertz CT molecular complexity index is 528. The Labute approximate surface area is 131 Å². The van der Waals surface area contributed by atoms with Crippen molar-refractivity contribution in [3.05, 3.63) is 29.8 Å². The minimum absolute atomic E-state index is 0.107. The molecule has 2 aliphatic rings. The van der Waals surface area contributed by atoms with E-state index in [1.807, 2.05) is 0 Å². The molecule has 5 heteroatoms. The summed E-state index contributed by atoms with van der Waals surface area (Å²) in [5, 5.41) is 12.6. The SMILES string of the molecule is C[C@@H]1CCC(C(=O)O)N[C@H]1c1cccc(N2CCOCC2)c1. The third kappa shape index (κ3) is 3.25. The van der Waals surface area contributed by atoms with Gasteiger partial charge in [0, 0.05) is 24.8 Å². The van der Waals surface area contributed by atoms with Gasteiger partial charge in [-0.05, 0) is 36.5 Å². The molecule has 2 saturated heterocycles. The van der Waals surface area contributed by atoms with Crippen molar-refractivity contribution < 1.29 is 14.6 Å². The lowest BCUT2D eigenvalue weighted by atomic mass is 9.84. The van der Waals surface area contributed by atoms with Gasteiger partial charge in [-0.2, -0.15) is 0 Å². The fourth-order valence-electron chi connectivity index (χ4n) is 3.42. The number of piperidine rings is 1. The number of nitrogens with one attached hydrogen (secondary N) is 1. The molecule has 0 aromatic heterocycles. The summed E-state index contributed by atoms with van der Waals surface area (Å²) in [5.41, 5.74) is 2.38. The van der Waals surface area contributed by atoms with Gasteiger partial charge in [0.2, 0.25) is 0 Å². The van der Waals surface area contributed by atoms with E-state index in [1.54, 1.807) is 0 Å². The number of morpholine rings is 1. The van der Waals surface area contributed by atoms with Crippen molar-refractivity contribution in [3.8, 4) is 0 Å². The maximum absolute atomic E-state index is 11.3. The van der Waals surface area contributed by atoms with E-state index < -0.39 is 12.0 Å². The maximum Gasteiger partial charge on any atom is 0.320 e. The second-order valence-corrected chi connectivity index (χ2v) is 6.28. The fraction of sp³-hybridized carbons (Fsp3) is 0.588. The molecule has 0 bridgehead atoms. The summed E-state index contributed by atoms with van der Waals surface area (Å²) >= 11 is 0. The lowest BCUT2D eigenvalue weighted by molar-refractivity contribution is -0.140. The van der Waals surface area contributed by atoms with Crippen molar-refractivity contribution in [2.24, 2.45) is 5.92 Å². The largest absolute Gasteiger partial charge is 0.480 e. The molecule has 120 valence electrons. The summed E-state index contributed by atoms with van der Waals surface area (Å²) in [6.07, 6.45) is 1.65. The molecule has 3 atom stereocenters. The zero-order valence-corrected chi connectivity index (χ0v) is 13.0. The van der Waals surface area contributed by atoms with E-state index in [0.717, 1.165) is 32.7 Å². The highest BCUT2D eigenvalue weighted by Crippen LogP contribution is 2.33. The molecule has 1 aromatic rings. The van der Waals surface area contributed by atoms with Crippen molar-refractivity contribution in [1.82, 2.24) is 5.32 Å². The Balaban J connectivity index is 1.79. The Kier molecular flexibility index (Phi) is 4.64. The van der Waals surface area contributed by atoms with Crippen molar-refractivity contribution in [2.75, 3.05) is 31.2 Å². The predicted molar refractivity (Wildman–Crippen MR) is 85.2 cm³/mol. The van der Waals surface area contributed by atoms with Gasteiger partial charge in [-0.25, -0.2) is 0 Å². The highest BCUT2D eigenvalue weighted by Gasteiger charge is 2.31. The van der Waals surface area contributed by atoms with Crippen molar-refractivity contribution >= 4 is 11.7 Å². The third-order valence-electron chi connectivity index (χ3n) is 4.76. The summed E-state index contributed by atoms with van der Waals surface area (Å²) in [6, 6.07) is 8.16. The molecule has 0 saturated carbocycles. The lowest BCUT2D eigenvalue weighted by Gasteiger charge is -2.35. The molecule has 22 heavy (non-hydrogen) atoms. The summed E-state index contributed by atoms with van der Waals surface area (Å²) in [6.45, 7) is 5.55. The van der Waals surface area contributed by atoms with Crippen molar-refractivity contribution in [2.45, 2.75) is 31.8 Å². The van der Waals surface area contributed by atoms with Crippen molar-refractivity contribution in [1.29, 1.82) is 0 Å². The normalized spacial score (nSPS) is 29.3. The van der Waals surface area contributed by atoms with E-state index in [1.165, 1.54) is 11.3 Å². The van der Waals surface area contributed by atoms with Crippen LogP contribution in [-0.4, -0.2) is 43.4 Å². The Morgan fingerprint density at radius 2 is 2.09 bits per heavy atom. The number of carboxylic acid groups (broad SMARTS) is 1. The second-order valence-electron chi connectivity index (χ2n) is 6.28. The van der Waals surface area contributed by atoms with Gasteiger partial charge >= 0.3 is 5.97 Å². The monoisotopic (exact) mass is 304 g/mol. The molecule has 0 spiro atoms. The fourth-order valence-corrected chi connectivity index (χ4v) is 3.42. The number of rotatable bonds is 3. The first-order chi connectivity index (χ1) is 10.6. The van der Waals surface area contributed by atoms with Gasteiger partial charge in [0.05, 0.1) is 13.2 Å². The number of anilines is 1. The van der Waals surface area contributed by atoms with E-state index in [0.29, 0.717) is 12.3 Å². The van der Waals surface area contributed by atoms with Crippen molar-refractivity contribution in [3.63, 3.8) is 0 Å². The van der Waals surface area contributed by atoms with Crippen LogP contribution in [-0.2, 0) is 9.53 Å². The van der Waals surface area contributed by atoms with Crippen LogP contribution in [0.1, 0.15) is 31.4 Å². The quantitative estimate of drug-likeness (QED) is 0.895. The molecule has 2 heterocycles. The van der Waals surface area contributed by atoms with E-state index in [9.17, 15) is 9.90 Å². The average Bonchev–Trinajstić information content (AvgIpc) is 2.56. The van der Waals surface area contributed by atoms with Crippen LogP contribution in [0.4, 0.5) is 5.69 Å². The third-order valence-corrected chi connectivity index (χ3v) is 4.76. The van der Waals surface area contributed by atoms with E-state index in [4.69, 9.17) is 4.74 Å². The standard InChI is InChI=1S/C17H24N2O3/c1-12-5-6-15(17(20)21)18-16(12)13-3-2-4-14(11-13)19-7-9-22-10-8-19/h2-4,11-12,15-16,18H,5-10H2,1H3,(H,20,21)/t12-,15?,16-/m1/s1. The van der Waals surface area contributed by atoms with E-state index in [-0.39, 0.29) is 6.04 Å². The van der Waals surface area contributed by atoms with Gasteiger partial charge in [-0.15, -0.1) is 0 Å². The molecule has 0 radical (unpaired) electrons. The molecule has 2 aliphatic heterocycles. The summed E-state index contributed by atoms with van der Waals surface area (Å²) in [7, 11) is 0. The van der Waals surface area contributed by atoms with Gasteiger partial charge in [0.1, 0.15) is 6.04 Å². The smallest absolute Gasteiger partial charge is 0.320 e. The zero-order valence-electron chi connectivity index (χ0n) is 13.0. The molecular weight excluding hydrogens is 280 g/mol. The molecular formula is C17H24N2O3. The number of benzene rings is 1. The van der Waals surface area contributed by atoms with Gasteiger partial charge in [-0.1, -0.05) is 19.1 Å². The number of hydrogen-bond acceptors (Lipinski definition) is 4. The molecule has 0 amide bonds. The Morgan fingerprint density at radius 1 is 1.32 bits per heavy atom. The minimum atomic E-state index is -0.749. The average molecular weight is 304 g/mol. The first kappa shape index (κ1) is 15.3. The molecule has 5 nitrogen and oxygen atoms in total. The number of nitrogens with zero attached hydrogens (tertiary/aromatic N) is 1. The minimum Gasteiger partial charge on any atom is -0.480 e. The number of hydrogen-bond donors (Lipinski definition) is 2. The van der Waals surface area contributed by atoms with Gasteiger partial charge in [0.15, 0.2) is 0 Å². The first-order valence-electron chi connectivity index (χ1n) is 8.06. The second kappa shape index (κ2) is 6.67. The highest BCUT2D eigenvalue weighted by molar-refractivity contribution is 5.73. The van der Waals surface area contributed by atoms with Crippen LogP contribution in [0.2, 0.25) is 0 Å². The van der Waals surface area contributed by atoms with Crippen LogP contribution < -0.4 is 10.2 Å². The topological polar surface area (TPSA) is 61.8 Å². The number of carboxylic acids is 1. The van der Waals surface area contributed by atoms with Crippen LogP contribution in [0, 0.1) is 5.92 Å². The number of carbonyl (C=O) groups is 1. The number of ether oxygens (including phenoxy) is 1. The predicted octanol–water partition coefficient (Wildman–Crippen LogP) is 2.04. The number of aliphatic carboxylic acids is 1. The molecule has 1 aromatic carbocycles. The van der Waals surface area contributed by atoms with E-state index in [2.05, 4.69) is 41.4 Å². The Hall–Kier alpha value is -1.59. The molecule has 1 unspecified atom stereocenters. The zero-order chi connectivity index (χ0) is 15.5. The Morgan fingerprint density at radius 3 is 2.82 bits per heavy atom. The summed E-state index contributed by atoms with van der Waals surface area (Å²) in [4.78, 5) is 13.6. The molecule has 0 aliphatic carbocycles. The molecule has 3 rings (SSSR count). The summed E-state index contributed by atoms with van der Waals surface area (Å²) < 4.78 is 5.41. The van der Waals surface area contributed by atoms with Gasteiger partial charge in [-0.3, -0.25) is 10.1 Å². The summed E-state index contributed by atoms with van der Waals surface area (Å²) in [5.74, 6) is -0.309. The van der Waals surface area contributed by atoms with Crippen LogP contribution in [0.25, 0.3) is 0 Å². The van der Waals surface area contributed by atoms with Crippen LogP contribution in [0.15, 0.2) is 24.3 Å². The van der Waals surface area contributed by atoms with Gasteiger partial charge < -0.3 is 14.7 Å². The molecule has 2 fully saturated rings. The lowest BCUT2D eigenvalue weighted by Crippen LogP contribution is -2.45. The molecule has 2 N–H and O–H groups in total. The van der Waals surface area contributed by atoms with Crippen LogP contribution in [0.3, 0.4) is 0 Å². The highest BCUT2D eigenvalue weighted by atomic mass is 16.5.